The molecule has 0 saturated heterocycles. The Hall–Kier alpha value is -3.80. The molecule has 4 rings (SSSR count). The number of esters is 1. The minimum Gasteiger partial charge on any atom is -0.482 e. The van der Waals surface area contributed by atoms with Gasteiger partial charge in [0.2, 0.25) is 0 Å². The number of carbonyl (C=O) groups is 2. The molecule has 1 heterocycles. The molecule has 0 aliphatic rings. The van der Waals surface area contributed by atoms with E-state index < -0.39 is 5.97 Å². The molecule has 0 aliphatic carbocycles. The van der Waals surface area contributed by atoms with Crippen LogP contribution in [-0.4, -0.2) is 25.6 Å². The minimum atomic E-state index is -0.430. The third kappa shape index (κ3) is 4.21. The van der Waals surface area contributed by atoms with Gasteiger partial charge < -0.3 is 19.2 Å². The van der Waals surface area contributed by atoms with Crippen LogP contribution in [0.5, 0.6) is 5.75 Å². The molecule has 0 bridgehead atoms. The molecule has 1 amide bonds. The fraction of sp³-hybridized carbons (Fsp3) is 0.130. The van der Waals surface area contributed by atoms with Gasteiger partial charge in [-0.05, 0) is 46.7 Å². The van der Waals surface area contributed by atoms with E-state index >= 15 is 0 Å². The topological polar surface area (TPSA) is 77.8 Å². The lowest BCUT2D eigenvalue weighted by Crippen LogP contribution is -2.22. The first-order valence-corrected chi connectivity index (χ1v) is 9.11. The van der Waals surface area contributed by atoms with Crippen molar-refractivity contribution in [3.63, 3.8) is 0 Å². The van der Waals surface area contributed by atoms with Crippen molar-refractivity contribution in [1.29, 1.82) is 0 Å². The number of furan rings is 1. The van der Waals surface area contributed by atoms with Crippen molar-refractivity contribution in [2.75, 3.05) is 13.7 Å². The highest BCUT2D eigenvalue weighted by Gasteiger charge is 2.12. The van der Waals surface area contributed by atoms with Crippen LogP contribution in [0.4, 0.5) is 0 Å². The van der Waals surface area contributed by atoms with Crippen molar-refractivity contribution < 1.29 is 23.5 Å². The Morgan fingerprint density at radius 3 is 2.55 bits per heavy atom. The number of methoxy groups -OCH3 is 1. The summed E-state index contributed by atoms with van der Waals surface area (Å²) in [5.41, 5.74) is 1.65. The molecular weight excluding hydrogens is 370 g/mol. The second-order valence-corrected chi connectivity index (χ2v) is 6.54. The van der Waals surface area contributed by atoms with Gasteiger partial charge in [0, 0.05) is 11.9 Å². The molecule has 146 valence electrons. The lowest BCUT2D eigenvalue weighted by Gasteiger charge is -2.08. The van der Waals surface area contributed by atoms with Gasteiger partial charge in [-0.15, -0.1) is 0 Å². The molecule has 0 atom stereocenters. The number of nitrogens with one attached hydrogen (secondary N) is 1. The normalized spacial score (nSPS) is 10.8. The quantitative estimate of drug-likeness (QED) is 0.503. The van der Waals surface area contributed by atoms with Gasteiger partial charge in [-0.1, -0.05) is 36.4 Å². The van der Waals surface area contributed by atoms with Gasteiger partial charge in [-0.3, -0.25) is 4.79 Å². The number of rotatable bonds is 6. The highest BCUT2D eigenvalue weighted by atomic mass is 16.6. The van der Waals surface area contributed by atoms with Crippen molar-refractivity contribution in [3.05, 3.63) is 78.1 Å². The summed E-state index contributed by atoms with van der Waals surface area (Å²) >= 11 is 0. The third-order valence-corrected chi connectivity index (χ3v) is 4.56. The number of benzene rings is 3. The first-order chi connectivity index (χ1) is 14.1. The molecule has 29 heavy (non-hydrogen) atoms. The van der Waals surface area contributed by atoms with Crippen LogP contribution in [0.2, 0.25) is 0 Å². The zero-order chi connectivity index (χ0) is 20.2. The van der Waals surface area contributed by atoms with Crippen LogP contribution < -0.4 is 10.1 Å². The lowest BCUT2D eigenvalue weighted by atomic mass is 10.1. The van der Waals surface area contributed by atoms with E-state index in [0.717, 1.165) is 21.7 Å². The average molecular weight is 389 g/mol. The minimum absolute atomic E-state index is 0.131. The Morgan fingerprint density at radius 1 is 0.931 bits per heavy atom. The molecule has 4 aromatic rings. The van der Waals surface area contributed by atoms with E-state index in [-0.39, 0.29) is 12.5 Å². The van der Waals surface area contributed by atoms with E-state index in [1.54, 1.807) is 12.1 Å². The van der Waals surface area contributed by atoms with Crippen molar-refractivity contribution in [2.24, 2.45) is 0 Å². The molecule has 0 aliphatic heterocycles. The van der Waals surface area contributed by atoms with Crippen LogP contribution in [0, 0.1) is 0 Å². The summed E-state index contributed by atoms with van der Waals surface area (Å²) in [6.45, 7) is 0.250. The summed E-state index contributed by atoms with van der Waals surface area (Å²) in [6.07, 6.45) is 0. The molecule has 6 nitrogen and oxygen atoms in total. The maximum Gasteiger partial charge on any atom is 0.343 e. The summed E-state index contributed by atoms with van der Waals surface area (Å²) < 4.78 is 15.6. The van der Waals surface area contributed by atoms with Crippen LogP contribution in [-0.2, 0) is 16.1 Å². The lowest BCUT2D eigenvalue weighted by molar-refractivity contribution is -0.142. The van der Waals surface area contributed by atoms with Gasteiger partial charge in [0.05, 0.1) is 7.11 Å². The van der Waals surface area contributed by atoms with Crippen LogP contribution >= 0.6 is 0 Å². The highest BCUT2D eigenvalue weighted by Crippen LogP contribution is 2.23. The van der Waals surface area contributed by atoms with E-state index in [1.165, 1.54) is 7.11 Å². The largest absolute Gasteiger partial charge is 0.482 e. The van der Waals surface area contributed by atoms with Gasteiger partial charge in [0.25, 0.3) is 5.91 Å². The molecule has 3 aromatic carbocycles. The van der Waals surface area contributed by atoms with E-state index in [1.807, 2.05) is 54.6 Å². The smallest absolute Gasteiger partial charge is 0.343 e. The second-order valence-electron chi connectivity index (χ2n) is 6.54. The zero-order valence-electron chi connectivity index (χ0n) is 15.8. The summed E-state index contributed by atoms with van der Waals surface area (Å²) in [5.74, 6) is 0.196. The van der Waals surface area contributed by atoms with Gasteiger partial charge in [0.15, 0.2) is 12.4 Å². The standard InChI is InChI=1S/C23H19NO5/c1-27-22(25)14-28-19-9-8-16-10-15(6-7-17(16)11-19)13-24-23(26)21-12-18-4-2-3-5-20(18)29-21/h2-12H,13-14H2,1H3,(H,24,26). The predicted molar refractivity (Wildman–Crippen MR) is 109 cm³/mol. The molecule has 0 unspecified atom stereocenters. The molecule has 0 fully saturated rings. The van der Waals surface area contributed by atoms with E-state index in [2.05, 4.69) is 10.1 Å². The number of hydrogen-bond donors (Lipinski definition) is 1. The Kier molecular flexibility index (Phi) is 5.16. The zero-order valence-corrected chi connectivity index (χ0v) is 15.8. The predicted octanol–water partition coefficient (Wildman–Crippen LogP) is 4.07. The van der Waals surface area contributed by atoms with Crippen molar-refractivity contribution in [1.82, 2.24) is 5.32 Å². The second kappa shape index (κ2) is 8.06. The maximum atomic E-state index is 12.4. The molecule has 0 saturated carbocycles. The Morgan fingerprint density at radius 2 is 1.72 bits per heavy atom. The molecule has 6 heteroatoms. The average Bonchev–Trinajstić information content (AvgIpc) is 3.20. The number of para-hydroxylation sites is 1. The Bertz CT molecular complexity index is 1160. The van der Waals surface area contributed by atoms with Crippen LogP contribution in [0.1, 0.15) is 16.1 Å². The SMILES string of the molecule is COC(=O)COc1ccc2cc(CNC(=O)c3cc4ccccc4o3)ccc2c1. The molecule has 1 N–H and O–H groups in total. The Labute approximate surface area is 167 Å². The van der Waals surface area contributed by atoms with Gasteiger partial charge in [-0.2, -0.15) is 0 Å². The van der Waals surface area contributed by atoms with Crippen molar-refractivity contribution >= 4 is 33.6 Å². The number of carbonyl (C=O) groups excluding carboxylic acids is 2. The van der Waals surface area contributed by atoms with Crippen molar-refractivity contribution in [3.8, 4) is 5.75 Å². The maximum absolute atomic E-state index is 12.4. The van der Waals surface area contributed by atoms with E-state index in [9.17, 15) is 9.59 Å². The van der Waals surface area contributed by atoms with Crippen LogP contribution in [0.25, 0.3) is 21.7 Å². The fourth-order valence-corrected chi connectivity index (χ4v) is 3.04. The van der Waals surface area contributed by atoms with Crippen molar-refractivity contribution in [2.45, 2.75) is 6.54 Å². The fourth-order valence-electron chi connectivity index (χ4n) is 3.04. The molecule has 0 spiro atoms. The Balaban J connectivity index is 1.42. The first-order valence-electron chi connectivity index (χ1n) is 9.11. The number of ether oxygens (including phenoxy) is 2. The van der Waals surface area contributed by atoms with Gasteiger partial charge in [0.1, 0.15) is 11.3 Å². The van der Waals surface area contributed by atoms with E-state index in [0.29, 0.717) is 23.6 Å². The highest BCUT2D eigenvalue weighted by molar-refractivity contribution is 5.96. The van der Waals surface area contributed by atoms with Crippen LogP contribution in [0.3, 0.4) is 0 Å². The van der Waals surface area contributed by atoms with E-state index in [4.69, 9.17) is 9.15 Å². The number of hydrogen-bond acceptors (Lipinski definition) is 5. The van der Waals surface area contributed by atoms with Crippen LogP contribution in [0.15, 0.2) is 71.1 Å². The molecule has 0 radical (unpaired) electrons. The molecular formula is C23H19NO5. The summed E-state index contributed by atoms with van der Waals surface area (Å²) in [4.78, 5) is 23.6. The van der Waals surface area contributed by atoms with Gasteiger partial charge >= 0.3 is 5.97 Å². The summed E-state index contributed by atoms with van der Waals surface area (Å²) in [5, 5.41) is 5.76. The van der Waals surface area contributed by atoms with Gasteiger partial charge in [-0.25, -0.2) is 4.79 Å². The third-order valence-electron chi connectivity index (χ3n) is 4.56. The monoisotopic (exact) mass is 389 g/mol. The molecule has 1 aromatic heterocycles. The first kappa shape index (κ1) is 18.6. The summed E-state index contributed by atoms with van der Waals surface area (Å²) in [6, 6.07) is 20.7. The number of fused-ring (bicyclic) bond motifs is 2. The summed E-state index contributed by atoms with van der Waals surface area (Å²) in [7, 11) is 1.32. The number of amides is 1.